The Bertz CT molecular complexity index is 1180. The molecule has 4 aromatic carbocycles. The van der Waals surface area contributed by atoms with Gasteiger partial charge in [0, 0.05) is 11.3 Å². The van der Waals surface area contributed by atoms with E-state index >= 15 is 0 Å². The van der Waals surface area contributed by atoms with Crippen LogP contribution in [0.1, 0.15) is 11.1 Å². The Hall–Kier alpha value is -4.12. The number of anilines is 1. The van der Waals surface area contributed by atoms with Gasteiger partial charge in [-0.25, -0.2) is 0 Å². The summed E-state index contributed by atoms with van der Waals surface area (Å²) < 4.78 is 6.06. The minimum Gasteiger partial charge on any atom is -0.488 e. The van der Waals surface area contributed by atoms with E-state index < -0.39 is 0 Å². The summed E-state index contributed by atoms with van der Waals surface area (Å²) in [6, 6.07) is 31.1. The molecule has 154 valence electrons. The van der Waals surface area contributed by atoms with Gasteiger partial charge >= 0.3 is 0 Å². The molecule has 0 saturated heterocycles. The van der Waals surface area contributed by atoms with Gasteiger partial charge in [0.15, 0.2) is 6.61 Å². The Labute approximate surface area is 180 Å². The van der Waals surface area contributed by atoms with Crippen molar-refractivity contribution in [2.45, 2.75) is 6.61 Å². The van der Waals surface area contributed by atoms with E-state index in [1.54, 1.807) is 6.21 Å². The number of oxime groups is 1. The second-order valence-electron chi connectivity index (χ2n) is 6.89. The first-order valence-corrected chi connectivity index (χ1v) is 9.98. The van der Waals surface area contributed by atoms with Crippen LogP contribution in [-0.2, 0) is 16.2 Å². The highest BCUT2D eigenvalue weighted by Crippen LogP contribution is 2.27. The molecule has 0 unspecified atom stereocenters. The number of rotatable bonds is 8. The van der Waals surface area contributed by atoms with Crippen LogP contribution in [0.25, 0.3) is 10.8 Å². The molecule has 0 saturated carbocycles. The first-order valence-electron chi connectivity index (χ1n) is 9.98. The number of benzene rings is 4. The van der Waals surface area contributed by atoms with Gasteiger partial charge in [-0.05, 0) is 34.5 Å². The molecule has 0 aliphatic rings. The molecule has 31 heavy (non-hydrogen) atoms. The standard InChI is InChI=1S/C26H22N2O3/c29-26(28-22-12-5-2-6-13-22)19-31-27-17-24-23-14-8-7-11-21(23)15-16-25(24)30-18-20-9-3-1-4-10-20/h1-17H,18-19H2,(H,28,29). The van der Waals surface area contributed by atoms with Crippen molar-refractivity contribution >= 4 is 28.6 Å². The van der Waals surface area contributed by atoms with Gasteiger partial charge in [0.25, 0.3) is 5.91 Å². The summed E-state index contributed by atoms with van der Waals surface area (Å²) in [5.74, 6) is 0.422. The molecule has 1 amide bonds. The van der Waals surface area contributed by atoms with Crippen LogP contribution in [0.15, 0.2) is 102 Å². The number of nitrogens with zero attached hydrogens (tertiary/aromatic N) is 1. The highest BCUT2D eigenvalue weighted by Gasteiger charge is 2.08. The van der Waals surface area contributed by atoms with E-state index in [9.17, 15) is 4.79 Å². The normalized spacial score (nSPS) is 10.8. The van der Waals surface area contributed by atoms with Gasteiger partial charge in [0.05, 0.1) is 6.21 Å². The van der Waals surface area contributed by atoms with Gasteiger partial charge < -0.3 is 14.9 Å². The maximum Gasteiger partial charge on any atom is 0.265 e. The van der Waals surface area contributed by atoms with E-state index in [1.165, 1.54) is 0 Å². The van der Waals surface area contributed by atoms with Crippen molar-refractivity contribution in [3.63, 3.8) is 0 Å². The minimum absolute atomic E-state index is 0.184. The summed E-state index contributed by atoms with van der Waals surface area (Å²) in [5, 5.41) is 8.84. The molecular weight excluding hydrogens is 388 g/mol. The largest absolute Gasteiger partial charge is 0.488 e. The first kappa shape index (κ1) is 20.2. The van der Waals surface area contributed by atoms with E-state index in [1.807, 2.05) is 97.1 Å². The monoisotopic (exact) mass is 410 g/mol. The lowest BCUT2D eigenvalue weighted by atomic mass is 10.0. The van der Waals surface area contributed by atoms with E-state index in [0.29, 0.717) is 18.0 Å². The number of fused-ring (bicyclic) bond motifs is 1. The molecule has 0 spiro atoms. The molecule has 5 heteroatoms. The van der Waals surface area contributed by atoms with Gasteiger partial charge in [-0.3, -0.25) is 4.79 Å². The summed E-state index contributed by atoms with van der Waals surface area (Å²) in [7, 11) is 0. The maximum absolute atomic E-state index is 12.0. The Morgan fingerprint density at radius 2 is 1.55 bits per heavy atom. The zero-order valence-corrected chi connectivity index (χ0v) is 16.9. The van der Waals surface area contributed by atoms with Crippen molar-refractivity contribution in [1.29, 1.82) is 0 Å². The molecule has 1 N–H and O–H groups in total. The topological polar surface area (TPSA) is 59.9 Å². The summed E-state index contributed by atoms with van der Waals surface area (Å²) in [4.78, 5) is 17.3. The third-order valence-electron chi connectivity index (χ3n) is 4.68. The molecule has 0 fully saturated rings. The highest BCUT2D eigenvalue weighted by molar-refractivity contribution is 6.02. The number of amides is 1. The lowest BCUT2D eigenvalue weighted by Gasteiger charge is -2.12. The van der Waals surface area contributed by atoms with Crippen LogP contribution in [0.5, 0.6) is 5.75 Å². The third kappa shape index (κ3) is 5.48. The van der Waals surface area contributed by atoms with E-state index in [2.05, 4.69) is 10.5 Å². The van der Waals surface area contributed by atoms with Crippen molar-refractivity contribution in [3.8, 4) is 5.75 Å². The predicted octanol–water partition coefficient (Wildman–Crippen LogP) is 5.41. The Morgan fingerprint density at radius 3 is 2.35 bits per heavy atom. The molecule has 0 bridgehead atoms. The molecule has 0 heterocycles. The van der Waals surface area contributed by atoms with Crippen molar-refractivity contribution in [2.24, 2.45) is 5.16 Å². The van der Waals surface area contributed by atoms with Gasteiger partial charge in [0.2, 0.25) is 0 Å². The number of hydrogen-bond acceptors (Lipinski definition) is 4. The number of para-hydroxylation sites is 1. The van der Waals surface area contributed by atoms with Crippen molar-refractivity contribution < 1.29 is 14.4 Å². The number of ether oxygens (including phenoxy) is 1. The number of carbonyl (C=O) groups excluding carboxylic acids is 1. The average molecular weight is 410 g/mol. The van der Waals surface area contributed by atoms with Crippen LogP contribution >= 0.6 is 0 Å². The molecular formula is C26H22N2O3. The highest BCUT2D eigenvalue weighted by atomic mass is 16.6. The summed E-state index contributed by atoms with van der Waals surface area (Å²) >= 11 is 0. The fraction of sp³-hybridized carbons (Fsp3) is 0.0769. The van der Waals surface area contributed by atoms with Crippen LogP contribution < -0.4 is 10.1 Å². The first-order chi connectivity index (χ1) is 15.3. The molecule has 0 aromatic heterocycles. The van der Waals surface area contributed by atoms with Crippen molar-refractivity contribution in [3.05, 3.63) is 108 Å². The van der Waals surface area contributed by atoms with E-state index in [0.717, 1.165) is 21.9 Å². The number of nitrogens with one attached hydrogen (secondary N) is 1. The Balaban J connectivity index is 1.46. The second kappa shape index (κ2) is 10.1. The zero-order valence-electron chi connectivity index (χ0n) is 16.9. The summed E-state index contributed by atoms with van der Waals surface area (Å²) in [5.41, 5.74) is 2.59. The molecule has 0 aliphatic heterocycles. The zero-order chi connectivity index (χ0) is 21.3. The van der Waals surface area contributed by atoms with Crippen LogP contribution in [0, 0.1) is 0 Å². The Kier molecular flexibility index (Phi) is 6.55. The van der Waals surface area contributed by atoms with E-state index in [-0.39, 0.29) is 12.5 Å². The molecule has 4 aromatic rings. The lowest BCUT2D eigenvalue weighted by molar-refractivity contribution is -0.120. The lowest BCUT2D eigenvalue weighted by Crippen LogP contribution is -2.16. The van der Waals surface area contributed by atoms with Crippen LogP contribution in [0.4, 0.5) is 5.69 Å². The minimum atomic E-state index is -0.276. The van der Waals surface area contributed by atoms with Gasteiger partial charge in [0.1, 0.15) is 12.4 Å². The second-order valence-corrected chi connectivity index (χ2v) is 6.89. The fourth-order valence-corrected chi connectivity index (χ4v) is 3.17. The Morgan fingerprint density at radius 1 is 0.839 bits per heavy atom. The molecule has 0 atom stereocenters. The third-order valence-corrected chi connectivity index (χ3v) is 4.68. The van der Waals surface area contributed by atoms with Crippen molar-refractivity contribution in [2.75, 3.05) is 11.9 Å². The summed E-state index contributed by atoms with van der Waals surface area (Å²) in [6.07, 6.45) is 1.60. The van der Waals surface area contributed by atoms with Gasteiger partial charge in [-0.1, -0.05) is 84.0 Å². The van der Waals surface area contributed by atoms with Crippen LogP contribution in [0.3, 0.4) is 0 Å². The van der Waals surface area contributed by atoms with Crippen molar-refractivity contribution in [1.82, 2.24) is 0 Å². The number of carbonyl (C=O) groups is 1. The fourth-order valence-electron chi connectivity index (χ4n) is 3.17. The SMILES string of the molecule is O=C(CON=Cc1c(OCc2ccccc2)ccc2ccccc12)Nc1ccccc1. The van der Waals surface area contributed by atoms with Crippen LogP contribution in [0.2, 0.25) is 0 Å². The average Bonchev–Trinajstić information content (AvgIpc) is 2.82. The molecule has 4 rings (SSSR count). The predicted molar refractivity (Wildman–Crippen MR) is 123 cm³/mol. The quantitative estimate of drug-likeness (QED) is 0.312. The number of hydrogen-bond donors (Lipinski definition) is 1. The van der Waals surface area contributed by atoms with Crippen LogP contribution in [-0.4, -0.2) is 18.7 Å². The van der Waals surface area contributed by atoms with Gasteiger partial charge in [-0.2, -0.15) is 0 Å². The van der Waals surface area contributed by atoms with E-state index in [4.69, 9.17) is 9.57 Å². The molecule has 0 aliphatic carbocycles. The maximum atomic E-state index is 12.0. The summed E-state index contributed by atoms with van der Waals surface area (Å²) in [6.45, 7) is 0.261. The van der Waals surface area contributed by atoms with Gasteiger partial charge in [-0.15, -0.1) is 0 Å². The molecule has 0 radical (unpaired) electrons. The molecule has 5 nitrogen and oxygen atoms in total. The smallest absolute Gasteiger partial charge is 0.265 e.